The predicted molar refractivity (Wildman–Crippen MR) is 148 cm³/mol. The Kier molecular flexibility index (Phi) is 11.4. The minimum atomic E-state index is -1.61. The molecule has 11 heteroatoms. The Balaban J connectivity index is 0.00000222. The zero-order valence-corrected chi connectivity index (χ0v) is 23.6. The molecular formula is C25H36N6O3S2. The largest absolute Gasteiger partial charge is 0.489 e. The van der Waals surface area contributed by atoms with Crippen molar-refractivity contribution in [3.05, 3.63) is 47.6 Å². The maximum absolute atomic E-state index is 12.6. The van der Waals surface area contributed by atoms with Crippen molar-refractivity contribution in [2.45, 2.75) is 38.7 Å². The van der Waals surface area contributed by atoms with Gasteiger partial charge in [-0.1, -0.05) is 13.8 Å². The first-order valence-corrected chi connectivity index (χ1v) is 13.8. The van der Waals surface area contributed by atoms with E-state index in [1.165, 1.54) is 11.3 Å². The maximum atomic E-state index is 12.6. The summed E-state index contributed by atoms with van der Waals surface area (Å²) in [7, 11) is 4.10. The van der Waals surface area contributed by atoms with Gasteiger partial charge in [-0.05, 0) is 58.3 Å². The number of hydrogen-bond donors (Lipinski definition) is 2. The molecule has 0 aliphatic heterocycles. The number of carbonyl (C=O) groups excluding carboxylic acids is 1. The molecule has 196 valence electrons. The van der Waals surface area contributed by atoms with Gasteiger partial charge in [0.05, 0.1) is 22.4 Å². The third-order valence-corrected chi connectivity index (χ3v) is 6.28. The van der Waals surface area contributed by atoms with Crippen LogP contribution < -0.4 is 15.2 Å². The molecule has 1 amide bonds. The Bertz CT molecular complexity index is 1150. The van der Waals surface area contributed by atoms with Crippen LogP contribution in [0.1, 0.15) is 38.2 Å². The highest BCUT2D eigenvalue weighted by Crippen LogP contribution is 2.33. The lowest BCUT2D eigenvalue weighted by Crippen LogP contribution is -2.33. The Morgan fingerprint density at radius 3 is 2.47 bits per heavy atom. The molecule has 3 N–H and O–H groups in total. The molecule has 0 fully saturated rings. The van der Waals surface area contributed by atoms with Gasteiger partial charge < -0.3 is 19.9 Å². The van der Waals surface area contributed by atoms with Gasteiger partial charge in [0.25, 0.3) is 5.91 Å². The summed E-state index contributed by atoms with van der Waals surface area (Å²) in [5.41, 5.74) is 2.54. The van der Waals surface area contributed by atoms with Crippen molar-refractivity contribution < 1.29 is 13.7 Å². The van der Waals surface area contributed by atoms with E-state index < -0.39 is 11.0 Å². The van der Waals surface area contributed by atoms with Crippen molar-refractivity contribution in [3.63, 3.8) is 0 Å². The van der Waals surface area contributed by atoms with E-state index in [0.717, 1.165) is 17.8 Å². The second-order valence-corrected chi connectivity index (χ2v) is 10.2. The van der Waals surface area contributed by atoms with Crippen LogP contribution in [0.4, 0.5) is 10.8 Å². The number of rotatable bonds is 10. The Morgan fingerprint density at radius 1 is 1.17 bits per heavy atom. The van der Waals surface area contributed by atoms with Gasteiger partial charge in [0.15, 0.2) is 5.13 Å². The van der Waals surface area contributed by atoms with Gasteiger partial charge in [-0.2, -0.15) is 0 Å². The third-order valence-electron chi connectivity index (χ3n) is 4.80. The third kappa shape index (κ3) is 8.37. The predicted octanol–water partition coefficient (Wildman–Crippen LogP) is 4.38. The van der Waals surface area contributed by atoms with E-state index in [2.05, 4.69) is 15.3 Å². The van der Waals surface area contributed by atoms with Crippen molar-refractivity contribution in [1.29, 1.82) is 0 Å². The average Bonchev–Trinajstić information content (AvgIpc) is 3.32. The molecule has 36 heavy (non-hydrogen) atoms. The van der Waals surface area contributed by atoms with Gasteiger partial charge in [-0.3, -0.25) is 9.78 Å². The van der Waals surface area contributed by atoms with Crippen molar-refractivity contribution >= 4 is 39.0 Å². The molecule has 9 nitrogen and oxygen atoms in total. The molecule has 0 saturated heterocycles. The van der Waals surface area contributed by atoms with Gasteiger partial charge in [0.2, 0.25) is 0 Å². The molecule has 1 aromatic carbocycles. The molecule has 0 spiro atoms. The molecule has 3 rings (SSSR count). The van der Waals surface area contributed by atoms with E-state index in [-0.39, 0.29) is 12.0 Å². The SMILES string of the molecule is CC.CC(C)Oc1ccc(S(N)=O)cc1Nc1nc(-c2ccc(C(=O)N(C)CCN(C)C)nc2)cs1. The lowest BCUT2D eigenvalue weighted by Gasteiger charge is -2.19. The van der Waals surface area contributed by atoms with Crippen LogP contribution in [0.15, 0.2) is 46.8 Å². The van der Waals surface area contributed by atoms with Crippen LogP contribution in [-0.2, 0) is 11.0 Å². The van der Waals surface area contributed by atoms with Crippen LogP contribution >= 0.6 is 11.3 Å². The normalized spacial score (nSPS) is 11.6. The van der Waals surface area contributed by atoms with Gasteiger partial charge in [-0.25, -0.2) is 14.3 Å². The molecule has 1 unspecified atom stereocenters. The summed E-state index contributed by atoms with van der Waals surface area (Å²) < 4.78 is 17.6. The number of thiazole rings is 1. The second-order valence-electron chi connectivity index (χ2n) is 8.25. The second kappa shape index (κ2) is 14.0. The Morgan fingerprint density at radius 2 is 1.89 bits per heavy atom. The number of aromatic nitrogens is 2. The number of anilines is 2. The number of nitrogens with zero attached hydrogens (tertiary/aromatic N) is 4. The number of likely N-dealkylation sites (N-methyl/N-ethyl adjacent to an activating group) is 2. The number of nitrogens with two attached hydrogens (primary N) is 1. The summed E-state index contributed by atoms with van der Waals surface area (Å²) in [6.07, 6.45) is 1.62. The highest BCUT2D eigenvalue weighted by molar-refractivity contribution is 7.82. The van der Waals surface area contributed by atoms with Gasteiger partial charge in [-0.15, -0.1) is 11.3 Å². The number of amides is 1. The lowest BCUT2D eigenvalue weighted by molar-refractivity contribution is 0.0780. The number of benzene rings is 1. The summed E-state index contributed by atoms with van der Waals surface area (Å²) in [5, 5.41) is 11.3. The average molecular weight is 533 g/mol. The molecule has 0 bridgehead atoms. The van der Waals surface area contributed by atoms with Crippen LogP contribution in [0.5, 0.6) is 5.75 Å². The van der Waals surface area contributed by atoms with Crippen molar-refractivity contribution in [1.82, 2.24) is 19.8 Å². The molecule has 0 aliphatic rings. The molecule has 0 saturated carbocycles. The first-order valence-electron chi connectivity index (χ1n) is 11.7. The van der Waals surface area contributed by atoms with E-state index in [4.69, 9.17) is 9.88 Å². The zero-order chi connectivity index (χ0) is 26.8. The smallest absolute Gasteiger partial charge is 0.272 e. The van der Waals surface area contributed by atoms with Gasteiger partial charge in [0.1, 0.15) is 22.4 Å². The van der Waals surface area contributed by atoms with Gasteiger partial charge in [0, 0.05) is 37.3 Å². The van der Waals surface area contributed by atoms with E-state index in [0.29, 0.717) is 33.7 Å². The minimum Gasteiger partial charge on any atom is -0.489 e. The first kappa shape index (κ1) is 29.4. The van der Waals surface area contributed by atoms with Crippen LogP contribution in [0, 0.1) is 0 Å². The molecule has 2 heterocycles. The summed E-state index contributed by atoms with van der Waals surface area (Å²) >= 11 is 1.41. The summed E-state index contributed by atoms with van der Waals surface area (Å²) in [6, 6.07) is 8.67. The number of ether oxygens (including phenoxy) is 1. The number of hydrogen-bond acceptors (Lipinski definition) is 8. The van der Waals surface area contributed by atoms with Crippen LogP contribution in [0.3, 0.4) is 0 Å². The quantitative estimate of drug-likeness (QED) is 0.398. The summed E-state index contributed by atoms with van der Waals surface area (Å²) in [6.45, 7) is 9.27. The zero-order valence-electron chi connectivity index (χ0n) is 21.9. The van der Waals surface area contributed by atoms with Crippen molar-refractivity contribution in [2.75, 3.05) is 39.5 Å². The number of pyridine rings is 1. The fourth-order valence-corrected chi connectivity index (χ4v) is 4.15. The molecular weight excluding hydrogens is 496 g/mol. The highest BCUT2D eigenvalue weighted by atomic mass is 32.2. The Hall–Kier alpha value is -2.86. The van der Waals surface area contributed by atoms with E-state index in [1.54, 1.807) is 42.4 Å². The standard InChI is InChI=1S/C23H30N6O3S2.C2H6/c1-15(2)32-21-9-7-17(34(24)31)12-19(21)26-23-27-20(14-33-23)16-6-8-18(25-13-16)22(30)29(5)11-10-28(3)4;1-2/h6-9,12-15H,10-11,24H2,1-5H3,(H,26,27);1-2H3. The van der Waals surface area contributed by atoms with E-state index in [9.17, 15) is 9.00 Å². The molecule has 3 aromatic rings. The Labute approximate surface area is 220 Å². The highest BCUT2D eigenvalue weighted by Gasteiger charge is 2.15. The topological polar surface area (TPSA) is 114 Å². The monoisotopic (exact) mass is 532 g/mol. The number of carbonyl (C=O) groups is 1. The van der Waals surface area contributed by atoms with Crippen LogP contribution in [0.25, 0.3) is 11.3 Å². The van der Waals surface area contributed by atoms with Crippen molar-refractivity contribution in [3.8, 4) is 17.0 Å². The van der Waals surface area contributed by atoms with Crippen LogP contribution in [0.2, 0.25) is 0 Å². The lowest BCUT2D eigenvalue weighted by atomic mass is 10.2. The van der Waals surface area contributed by atoms with E-state index >= 15 is 0 Å². The fourth-order valence-electron chi connectivity index (χ4n) is 2.99. The molecule has 1 atom stereocenters. The fraction of sp³-hybridized carbons (Fsp3) is 0.400. The molecule has 0 aliphatic carbocycles. The van der Waals surface area contributed by atoms with E-state index in [1.807, 2.05) is 58.1 Å². The summed E-state index contributed by atoms with van der Waals surface area (Å²) in [4.78, 5) is 25.7. The maximum Gasteiger partial charge on any atom is 0.272 e. The van der Waals surface area contributed by atoms with Crippen molar-refractivity contribution in [2.24, 2.45) is 5.14 Å². The molecule has 2 aromatic heterocycles. The van der Waals surface area contributed by atoms with Crippen LogP contribution in [-0.4, -0.2) is 70.2 Å². The first-order chi connectivity index (χ1) is 17.1. The van der Waals surface area contributed by atoms with Gasteiger partial charge >= 0.3 is 0 Å². The summed E-state index contributed by atoms with van der Waals surface area (Å²) in [5.74, 6) is 0.493. The molecule has 0 radical (unpaired) electrons. The minimum absolute atomic E-state index is 0.0316. The number of nitrogens with one attached hydrogen (secondary N) is 1.